The molecule has 0 fully saturated rings. The van der Waals surface area contributed by atoms with Gasteiger partial charge in [0, 0.05) is 4.88 Å². The van der Waals surface area contributed by atoms with Gasteiger partial charge in [-0.2, -0.15) is 0 Å². The van der Waals surface area contributed by atoms with Gasteiger partial charge in [-0.15, -0.1) is 11.3 Å². The maximum absolute atomic E-state index is 9.88. The van der Waals surface area contributed by atoms with Crippen molar-refractivity contribution in [1.29, 1.82) is 0 Å². The van der Waals surface area contributed by atoms with Gasteiger partial charge in [-0.1, -0.05) is 26.3 Å². The van der Waals surface area contributed by atoms with E-state index in [4.69, 9.17) is 0 Å². The predicted molar refractivity (Wildman–Crippen MR) is 67.3 cm³/mol. The van der Waals surface area contributed by atoms with E-state index >= 15 is 0 Å². The lowest BCUT2D eigenvalue weighted by atomic mass is 9.95. The number of thiophene rings is 1. The van der Waals surface area contributed by atoms with E-state index in [2.05, 4.69) is 31.4 Å². The van der Waals surface area contributed by atoms with Gasteiger partial charge < -0.3 is 5.11 Å². The Morgan fingerprint density at radius 2 is 2.20 bits per heavy atom. The second-order valence-corrected chi connectivity index (χ2v) is 5.34. The summed E-state index contributed by atoms with van der Waals surface area (Å²) in [4.78, 5) is 1.44. The van der Waals surface area contributed by atoms with Crippen molar-refractivity contribution in [2.24, 2.45) is 5.92 Å². The molecule has 0 spiro atoms. The molecule has 1 heterocycles. The van der Waals surface area contributed by atoms with Crippen LogP contribution in [0.1, 0.15) is 44.4 Å². The van der Waals surface area contributed by atoms with Crippen LogP contribution in [0.2, 0.25) is 0 Å². The highest BCUT2D eigenvalue weighted by Crippen LogP contribution is 2.17. The van der Waals surface area contributed by atoms with Crippen LogP contribution in [0.4, 0.5) is 0 Å². The second kappa shape index (κ2) is 7.02. The minimum atomic E-state index is -0.107. The Bertz CT molecular complexity index is 243. The Balaban J connectivity index is 2.14. The number of aliphatic hydroxyl groups excluding tert-OH is 1. The average molecular weight is 226 g/mol. The van der Waals surface area contributed by atoms with Crippen molar-refractivity contribution in [1.82, 2.24) is 0 Å². The van der Waals surface area contributed by atoms with Crippen molar-refractivity contribution in [2.45, 2.75) is 52.1 Å². The molecule has 1 N–H and O–H groups in total. The lowest BCUT2D eigenvalue weighted by molar-refractivity contribution is 0.101. The van der Waals surface area contributed by atoms with Gasteiger partial charge in [-0.05, 0) is 43.0 Å². The lowest BCUT2D eigenvalue weighted by Gasteiger charge is -2.17. The highest BCUT2D eigenvalue weighted by Gasteiger charge is 2.12. The topological polar surface area (TPSA) is 20.2 Å². The molecule has 0 saturated heterocycles. The normalized spacial score (nSPS) is 15.1. The van der Waals surface area contributed by atoms with Crippen LogP contribution in [0, 0.1) is 5.92 Å². The minimum absolute atomic E-state index is 0.107. The molecule has 1 nitrogen and oxygen atoms in total. The molecule has 1 aromatic rings. The SMILES string of the molecule is CCCC(C)C(O)CCCc1cccs1. The van der Waals surface area contributed by atoms with Crippen LogP contribution in [0.15, 0.2) is 17.5 Å². The monoisotopic (exact) mass is 226 g/mol. The molecule has 0 aliphatic heterocycles. The van der Waals surface area contributed by atoms with E-state index in [0.29, 0.717) is 5.92 Å². The molecule has 2 atom stereocenters. The van der Waals surface area contributed by atoms with E-state index in [1.807, 2.05) is 11.3 Å². The summed E-state index contributed by atoms with van der Waals surface area (Å²) in [7, 11) is 0. The quantitative estimate of drug-likeness (QED) is 0.748. The summed E-state index contributed by atoms with van der Waals surface area (Å²) in [5, 5.41) is 12.0. The summed E-state index contributed by atoms with van der Waals surface area (Å²) in [5.41, 5.74) is 0. The van der Waals surface area contributed by atoms with Crippen LogP contribution in [0.3, 0.4) is 0 Å². The third-order valence-corrected chi connectivity index (χ3v) is 3.84. The van der Waals surface area contributed by atoms with Crippen molar-refractivity contribution >= 4 is 11.3 Å². The Morgan fingerprint density at radius 1 is 1.40 bits per heavy atom. The molecule has 0 aliphatic rings. The van der Waals surface area contributed by atoms with Gasteiger partial charge in [-0.3, -0.25) is 0 Å². The van der Waals surface area contributed by atoms with E-state index in [0.717, 1.165) is 25.7 Å². The van der Waals surface area contributed by atoms with Crippen LogP contribution in [0.25, 0.3) is 0 Å². The first-order chi connectivity index (χ1) is 7.24. The van der Waals surface area contributed by atoms with Crippen molar-refractivity contribution in [3.63, 3.8) is 0 Å². The fraction of sp³-hybridized carbons (Fsp3) is 0.692. The van der Waals surface area contributed by atoms with E-state index in [-0.39, 0.29) is 6.10 Å². The van der Waals surface area contributed by atoms with Gasteiger partial charge in [0.05, 0.1) is 6.10 Å². The molecule has 2 heteroatoms. The van der Waals surface area contributed by atoms with Crippen molar-refractivity contribution in [3.05, 3.63) is 22.4 Å². The zero-order valence-corrected chi connectivity index (χ0v) is 10.6. The number of aliphatic hydroxyl groups is 1. The highest BCUT2D eigenvalue weighted by atomic mass is 32.1. The molecule has 0 aliphatic carbocycles. The standard InChI is InChI=1S/C13H22OS/c1-3-6-11(2)13(14)9-4-7-12-8-5-10-15-12/h5,8,10-11,13-14H,3-4,6-7,9H2,1-2H3. The van der Waals surface area contributed by atoms with E-state index in [9.17, 15) is 5.11 Å². The first-order valence-electron chi connectivity index (χ1n) is 5.94. The molecule has 2 unspecified atom stereocenters. The molecule has 0 bridgehead atoms. The third kappa shape index (κ3) is 4.80. The fourth-order valence-electron chi connectivity index (χ4n) is 1.87. The zero-order chi connectivity index (χ0) is 11.1. The van der Waals surface area contributed by atoms with Crippen LogP contribution < -0.4 is 0 Å². The molecule has 15 heavy (non-hydrogen) atoms. The van der Waals surface area contributed by atoms with Gasteiger partial charge in [0.2, 0.25) is 0 Å². The third-order valence-electron chi connectivity index (χ3n) is 2.90. The van der Waals surface area contributed by atoms with Crippen LogP contribution in [0.5, 0.6) is 0 Å². The molecule has 0 amide bonds. The van der Waals surface area contributed by atoms with Crippen molar-refractivity contribution < 1.29 is 5.11 Å². The van der Waals surface area contributed by atoms with Gasteiger partial charge in [0.15, 0.2) is 0 Å². The Hall–Kier alpha value is -0.340. The number of hydrogen-bond acceptors (Lipinski definition) is 2. The van der Waals surface area contributed by atoms with E-state index in [1.165, 1.54) is 11.3 Å². The molecule has 1 aromatic heterocycles. The van der Waals surface area contributed by atoms with E-state index < -0.39 is 0 Å². The zero-order valence-electron chi connectivity index (χ0n) is 9.78. The molecule has 1 rings (SSSR count). The van der Waals surface area contributed by atoms with E-state index in [1.54, 1.807) is 0 Å². The maximum Gasteiger partial charge on any atom is 0.0565 e. The summed E-state index contributed by atoms with van der Waals surface area (Å²) in [5.74, 6) is 0.457. The smallest absolute Gasteiger partial charge is 0.0565 e. The number of hydrogen-bond donors (Lipinski definition) is 1. The van der Waals surface area contributed by atoms with Crippen LogP contribution in [-0.4, -0.2) is 11.2 Å². The van der Waals surface area contributed by atoms with Crippen molar-refractivity contribution in [2.75, 3.05) is 0 Å². The lowest BCUT2D eigenvalue weighted by Crippen LogP contribution is -2.17. The Morgan fingerprint density at radius 3 is 2.80 bits per heavy atom. The second-order valence-electron chi connectivity index (χ2n) is 4.30. The van der Waals surface area contributed by atoms with Gasteiger partial charge >= 0.3 is 0 Å². The first-order valence-corrected chi connectivity index (χ1v) is 6.82. The summed E-state index contributed by atoms with van der Waals surface area (Å²) in [6, 6.07) is 4.27. The predicted octanol–water partition coefficient (Wildman–Crippen LogP) is 3.87. The summed E-state index contributed by atoms with van der Waals surface area (Å²) in [6.45, 7) is 4.33. The highest BCUT2D eigenvalue weighted by molar-refractivity contribution is 7.09. The molecule has 0 aromatic carbocycles. The van der Waals surface area contributed by atoms with Crippen molar-refractivity contribution in [3.8, 4) is 0 Å². The summed E-state index contributed by atoms with van der Waals surface area (Å²) >= 11 is 1.81. The largest absolute Gasteiger partial charge is 0.393 e. The van der Waals surface area contributed by atoms with Crippen LogP contribution >= 0.6 is 11.3 Å². The number of rotatable bonds is 7. The first kappa shape index (κ1) is 12.7. The Labute approximate surface area is 97.2 Å². The minimum Gasteiger partial charge on any atom is -0.393 e. The average Bonchev–Trinajstić information content (AvgIpc) is 2.71. The van der Waals surface area contributed by atoms with Gasteiger partial charge in [0.1, 0.15) is 0 Å². The maximum atomic E-state index is 9.88. The van der Waals surface area contributed by atoms with Gasteiger partial charge in [0.25, 0.3) is 0 Å². The fourth-order valence-corrected chi connectivity index (χ4v) is 2.62. The molecule has 86 valence electrons. The summed E-state index contributed by atoms with van der Waals surface area (Å²) < 4.78 is 0. The Kier molecular flexibility index (Phi) is 5.96. The molecular formula is C13H22OS. The molecule has 0 saturated carbocycles. The molecule has 0 radical (unpaired) electrons. The summed E-state index contributed by atoms with van der Waals surface area (Å²) in [6.07, 6.45) is 5.37. The number of aryl methyl sites for hydroxylation is 1. The van der Waals surface area contributed by atoms with Gasteiger partial charge in [-0.25, -0.2) is 0 Å². The van der Waals surface area contributed by atoms with Crippen LogP contribution in [-0.2, 0) is 6.42 Å². The molecular weight excluding hydrogens is 204 g/mol.